The molecule has 29 heavy (non-hydrogen) atoms. The van der Waals surface area contributed by atoms with E-state index in [9.17, 15) is 0 Å². The molecule has 1 heterocycles. The molecular weight excluding hydrogens is 440 g/mol. The molecule has 0 spiro atoms. The van der Waals surface area contributed by atoms with Crippen LogP contribution in [0.4, 0.5) is 0 Å². The number of hydrogen-bond acceptors (Lipinski definition) is 2. The molecule has 0 atom stereocenters. The first-order valence-corrected chi connectivity index (χ1v) is 12.0. The van der Waals surface area contributed by atoms with Crippen LogP contribution in [0.15, 0.2) is 66.7 Å². The number of fused-ring (bicyclic) bond motifs is 1. The Bertz CT molecular complexity index is 1110. The third-order valence-corrected chi connectivity index (χ3v) is 6.84. The van der Waals surface area contributed by atoms with E-state index >= 15 is 0 Å². The Morgan fingerprint density at radius 2 is 1.62 bits per heavy atom. The van der Waals surface area contributed by atoms with Gasteiger partial charge >= 0.3 is 0 Å². The third-order valence-electron chi connectivity index (χ3n) is 5.08. The largest absolute Gasteiger partial charge is 0.494 e. The van der Waals surface area contributed by atoms with Crippen molar-refractivity contribution in [3.05, 3.63) is 77.9 Å². The molecule has 0 amide bonds. The summed E-state index contributed by atoms with van der Waals surface area (Å²) in [5.74, 6) is 0.943. The van der Waals surface area contributed by atoms with Gasteiger partial charge in [-0.1, -0.05) is 70.0 Å². The first-order valence-electron chi connectivity index (χ1n) is 10.0. The van der Waals surface area contributed by atoms with Crippen LogP contribution in [0.3, 0.4) is 0 Å². The van der Waals surface area contributed by atoms with Crippen LogP contribution in [0.5, 0.6) is 5.75 Å². The van der Waals surface area contributed by atoms with E-state index in [1.165, 1.54) is 42.8 Å². The number of ether oxygens (including phenoxy) is 1. The molecule has 4 aromatic rings. The summed E-state index contributed by atoms with van der Waals surface area (Å²) >= 11 is 5.36. The highest BCUT2D eigenvalue weighted by atomic mass is 79.9. The summed E-state index contributed by atoms with van der Waals surface area (Å²) in [5, 5.41) is 2.34. The van der Waals surface area contributed by atoms with Crippen molar-refractivity contribution in [2.24, 2.45) is 0 Å². The zero-order valence-electron chi connectivity index (χ0n) is 16.9. The molecule has 1 aromatic heterocycles. The highest BCUT2D eigenvalue weighted by Gasteiger charge is 2.16. The molecule has 148 valence electrons. The lowest BCUT2D eigenvalue weighted by Gasteiger charge is -2.10. The van der Waals surface area contributed by atoms with Gasteiger partial charge in [-0.3, -0.25) is 0 Å². The summed E-state index contributed by atoms with van der Waals surface area (Å²) in [6, 6.07) is 24.2. The first kappa shape index (κ1) is 20.2. The van der Waals surface area contributed by atoms with E-state index in [0.29, 0.717) is 0 Å². The summed E-state index contributed by atoms with van der Waals surface area (Å²) in [4.78, 5) is 1.32. The van der Waals surface area contributed by atoms with Gasteiger partial charge in [0, 0.05) is 25.9 Å². The van der Waals surface area contributed by atoms with Gasteiger partial charge in [0.1, 0.15) is 5.75 Å². The van der Waals surface area contributed by atoms with Gasteiger partial charge < -0.3 is 4.74 Å². The van der Waals surface area contributed by atoms with E-state index in [0.717, 1.165) is 30.5 Å². The van der Waals surface area contributed by atoms with Crippen LogP contribution in [-0.2, 0) is 0 Å². The van der Waals surface area contributed by atoms with Crippen molar-refractivity contribution in [1.82, 2.24) is 0 Å². The quantitative estimate of drug-likeness (QED) is 0.197. The normalized spacial score (nSPS) is 11.1. The van der Waals surface area contributed by atoms with Gasteiger partial charge in [0.15, 0.2) is 0 Å². The molecule has 0 aliphatic carbocycles. The Morgan fingerprint density at radius 1 is 0.828 bits per heavy atom. The number of rotatable bonds is 7. The Labute approximate surface area is 185 Å². The summed E-state index contributed by atoms with van der Waals surface area (Å²) in [6.07, 6.45) is 2.19. The molecule has 0 radical (unpaired) electrons. The van der Waals surface area contributed by atoms with Gasteiger partial charge in [0.2, 0.25) is 0 Å². The molecule has 1 nitrogen and oxygen atoms in total. The average molecular weight is 465 g/mol. The summed E-state index contributed by atoms with van der Waals surface area (Å²) < 4.78 is 7.35. The molecule has 0 fully saturated rings. The predicted octanol–water partition coefficient (Wildman–Crippen LogP) is 8.41. The van der Waals surface area contributed by atoms with Gasteiger partial charge in [0.05, 0.1) is 6.61 Å². The third kappa shape index (κ3) is 4.57. The second-order valence-electron chi connectivity index (χ2n) is 7.44. The Kier molecular flexibility index (Phi) is 6.37. The predicted molar refractivity (Wildman–Crippen MR) is 131 cm³/mol. The molecule has 4 rings (SSSR count). The maximum atomic E-state index is 6.02. The van der Waals surface area contributed by atoms with Crippen LogP contribution in [-0.4, -0.2) is 11.9 Å². The minimum atomic E-state index is 0.753. The van der Waals surface area contributed by atoms with E-state index in [1.54, 1.807) is 0 Å². The molecule has 0 saturated heterocycles. The van der Waals surface area contributed by atoms with Crippen LogP contribution < -0.4 is 4.74 Å². The van der Waals surface area contributed by atoms with Crippen molar-refractivity contribution in [3.63, 3.8) is 0 Å². The van der Waals surface area contributed by atoms with E-state index in [2.05, 4.69) is 96.5 Å². The zero-order chi connectivity index (χ0) is 20.2. The molecule has 0 unspecified atom stereocenters. The van der Waals surface area contributed by atoms with Crippen molar-refractivity contribution in [3.8, 4) is 27.3 Å². The number of aryl methyl sites for hydroxylation is 2. The van der Waals surface area contributed by atoms with Crippen molar-refractivity contribution < 1.29 is 4.74 Å². The first-order chi connectivity index (χ1) is 14.2. The fourth-order valence-corrected chi connectivity index (χ4v) is 5.25. The minimum absolute atomic E-state index is 0.753. The van der Waals surface area contributed by atoms with Crippen molar-refractivity contribution >= 4 is 37.4 Å². The maximum Gasteiger partial charge on any atom is 0.119 e. The lowest BCUT2D eigenvalue weighted by Crippen LogP contribution is -1.97. The van der Waals surface area contributed by atoms with E-state index in [1.807, 2.05) is 11.3 Å². The molecular formula is C26H25BrOS. The lowest BCUT2D eigenvalue weighted by molar-refractivity contribution is 0.310. The molecule has 0 aliphatic rings. The monoisotopic (exact) mass is 464 g/mol. The van der Waals surface area contributed by atoms with Crippen LogP contribution in [0, 0.1) is 13.8 Å². The highest BCUT2D eigenvalue weighted by Crippen LogP contribution is 2.45. The van der Waals surface area contributed by atoms with Gasteiger partial charge in [-0.15, -0.1) is 11.3 Å². The minimum Gasteiger partial charge on any atom is -0.494 e. The average Bonchev–Trinajstić information content (AvgIpc) is 3.10. The van der Waals surface area contributed by atoms with Crippen molar-refractivity contribution in [1.29, 1.82) is 0 Å². The summed E-state index contributed by atoms with van der Waals surface area (Å²) in [7, 11) is 0. The number of halogens is 1. The lowest BCUT2D eigenvalue weighted by atomic mass is 9.98. The molecule has 0 N–H and O–H groups in total. The van der Waals surface area contributed by atoms with E-state index in [4.69, 9.17) is 4.74 Å². The van der Waals surface area contributed by atoms with E-state index < -0.39 is 0 Å². The number of benzene rings is 3. The Morgan fingerprint density at radius 3 is 2.41 bits per heavy atom. The molecule has 0 saturated carbocycles. The topological polar surface area (TPSA) is 9.23 Å². The summed E-state index contributed by atoms with van der Waals surface area (Å²) in [6.45, 7) is 5.05. The van der Waals surface area contributed by atoms with Gasteiger partial charge in [-0.2, -0.15) is 0 Å². The number of alkyl halides is 1. The fourth-order valence-electron chi connectivity index (χ4n) is 3.53. The molecule has 3 heteroatoms. The van der Waals surface area contributed by atoms with Crippen LogP contribution in [0.25, 0.3) is 31.7 Å². The Balaban J connectivity index is 1.80. The highest BCUT2D eigenvalue weighted by molar-refractivity contribution is 9.09. The molecule has 0 bridgehead atoms. The fraction of sp³-hybridized carbons (Fsp3) is 0.231. The summed E-state index contributed by atoms with van der Waals surface area (Å²) in [5.41, 5.74) is 6.37. The molecule has 0 aliphatic heterocycles. The van der Waals surface area contributed by atoms with Crippen LogP contribution in [0.2, 0.25) is 0 Å². The van der Waals surface area contributed by atoms with Crippen LogP contribution in [0.1, 0.15) is 24.0 Å². The number of unbranched alkanes of at least 4 members (excludes halogenated alkanes) is 1. The van der Waals surface area contributed by atoms with E-state index in [-0.39, 0.29) is 0 Å². The Hall–Kier alpha value is -2.10. The second-order valence-corrected chi connectivity index (χ2v) is 9.29. The van der Waals surface area contributed by atoms with Crippen LogP contribution >= 0.6 is 27.3 Å². The SMILES string of the molecule is Cc1ccc(-c2sc3cc(C)ccc3c2-c2cccc(OCCCCBr)c2)cc1. The van der Waals surface area contributed by atoms with Crippen molar-refractivity contribution in [2.45, 2.75) is 26.7 Å². The van der Waals surface area contributed by atoms with Crippen molar-refractivity contribution in [2.75, 3.05) is 11.9 Å². The van der Waals surface area contributed by atoms with Gasteiger partial charge in [-0.25, -0.2) is 0 Å². The maximum absolute atomic E-state index is 6.02. The number of hydrogen-bond donors (Lipinski definition) is 0. The second kappa shape index (κ2) is 9.15. The molecule has 3 aromatic carbocycles. The smallest absolute Gasteiger partial charge is 0.119 e. The number of thiophene rings is 1. The van der Waals surface area contributed by atoms with Gasteiger partial charge in [-0.05, 0) is 61.6 Å². The van der Waals surface area contributed by atoms with Gasteiger partial charge in [0.25, 0.3) is 0 Å². The zero-order valence-corrected chi connectivity index (χ0v) is 19.3. The standard InChI is InChI=1S/C26H25BrOS/c1-18-8-11-20(12-9-18)26-25(23-13-10-19(2)16-24(23)29-26)21-6-5-7-22(17-21)28-15-4-3-14-27/h5-13,16-17H,3-4,14-15H2,1-2H3.